The Bertz CT molecular complexity index is 2010. The van der Waals surface area contributed by atoms with Gasteiger partial charge in [-0.1, -0.05) is 30.3 Å². The molecule has 5 aromatic rings. The van der Waals surface area contributed by atoms with Crippen LogP contribution >= 0.6 is 11.3 Å². The number of aryl methyl sites for hydroxylation is 1. The molecule has 2 aliphatic carbocycles. The molecule has 3 heterocycles. The van der Waals surface area contributed by atoms with Crippen molar-refractivity contribution >= 4 is 44.9 Å². The van der Waals surface area contributed by atoms with Crippen molar-refractivity contribution in [2.24, 2.45) is 5.92 Å². The van der Waals surface area contributed by atoms with Gasteiger partial charge in [-0.3, -0.25) is 9.78 Å². The molecule has 3 aromatic heterocycles. The number of thiazole rings is 1. The number of aliphatic hydroxyl groups is 2. The Morgan fingerprint density at radius 2 is 1.74 bits per heavy atom. The highest BCUT2D eigenvalue weighted by Crippen LogP contribution is 2.45. The number of nitrogens with zero attached hydrogens (tertiary/aromatic N) is 4. The van der Waals surface area contributed by atoms with Gasteiger partial charge in [0.15, 0.2) is 0 Å². The lowest BCUT2D eigenvalue weighted by atomic mass is 10.0. The second-order valence-electron chi connectivity index (χ2n) is 12.6. The van der Waals surface area contributed by atoms with Gasteiger partial charge in [-0.2, -0.15) is 4.98 Å². The standard InChI is InChI=1S/C35H34F3N7O4S/c1-17(19-10-12-22(13-11-19)49-35(36,37)38)40-34-41-18(2)26(33-44-28-25(50-33)14-15-39-27(28)20-8-9-20)31(45-34)43-24-16-23(29(46)30(24)47)32(48)42-21-6-4-3-5-7-21/h3-7,10-15,17,20,23-24,29-30,46-47H,8-9,16H2,1-2H3,(H,42,48)(H2,40,41,43,45)/t17-,23+,24-,29-,30+/m1/s1. The fourth-order valence-corrected chi connectivity index (χ4v) is 7.30. The molecule has 11 nitrogen and oxygen atoms in total. The molecule has 15 heteroatoms. The molecular formula is C35H34F3N7O4S. The van der Waals surface area contributed by atoms with Gasteiger partial charge >= 0.3 is 6.36 Å². The Morgan fingerprint density at radius 1 is 1.00 bits per heavy atom. The van der Waals surface area contributed by atoms with Gasteiger partial charge in [0.25, 0.3) is 0 Å². The van der Waals surface area contributed by atoms with Crippen molar-refractivity contribution in [1.29, 1.82) is 0 Å². The number of hydrogen-bond acceptors (Lipinski definition) is 11. The third-order valence-electron chi connectivity index (χ3n) is 8.95. The zero-order chi connectivity index (χ0) is 35.2. The number of rotatable bonds is 10. The number of halogens is 3. The fourth-order valence-electron chi connectivity index (χ4n) is 6.24. The van der Waals surface area contributed by atoms with Crippen molar-refractivity contribution in [3.8, 4) is 16.3 Å². The van der Waals surface area contributed by atoms with Gasteiger partial charge in [0.1, 0.15) is 28.2 Å². The molecule has 0 unspecified atom stereocenters. The molecule has 2 aromatic carbocycles. The maximum Gasteiger partial charge on any atom is 0.573 e. The molecule has 5 N–H and O–H groups in total. The number of fused-ring (bicyclic) bond motifs is 1. The minimum atomic E-state index is -4.80. The van der Waals surface area contributed by atoms with Gasteiger partial charge in [0.2, 0.25) is 11.9 Å². The molecule has 2 fully saturated rings. The van der Waals surface area contributed by atoms with Crippen LogP contribution in [0.25, 0.3) is 20.8 Å². The second kappa shape index (κ2) is 13.5. The summed E-state index contributed by atoms with van der Waals surface area (Å²) in [5.74, 6) is -0.725. The predicted octanol–water partition coefficient (Wildman–Crippen LogP) is 6.57. The van der Waals surface area contributed by atoms with Crippen molar-refractivity contribution in [3.05, 3.63) is 83.8 Å². The van der Waals surface area contributed by atoms with E-state index in [1.165, 1.54) is 35.6 Å². The van der Waals surface area contributed by atoms with E-state index < -0.39 is 42.5 Å². The molecule has 0 radical (unpaired) electrons. The number of nitrogens with one attached hydrogen (secondary N) is 3. The van der Waals surface area contributed by atoms with Gasteiger partial charge in [-0.05, 0) is 69.0 Å². The Morgan fingerprint density at radius 3 is 2.44 bits per heavy atom. The summed E-state index contributed by atoms with van der Waals surface area (Å²) in [7, 11) is 0. The average molecular weight is 706 g/mol. The molecular weight excluding hydrogens is 671 g/mol. The van der Waals surface area contributed by atoms with Gasteiger partial charge in [0, 0.05) is 17.8 Å². The number of anilines is 3. The quantitative estimate of drug-likeness (QED) is 0.108. The van der Waals surface area contributed by atoms with Crippen LogP contribution < -0.4 is 20.7 Å². The third-order valence-corrected chi connectivity index (χ3v) is 9.98. The second-order valence-corrected chi connectivity index (χ2v) is 13.6. The Hall–Kier alpha value is -4.86. The van der Waals surface area contributed by atoms with E-state index in [4.69, 9.17) is 15.0 Å². The number of hydrogen-bond donors (Lipinski definition) is 5. The van der Waals surface area contributed by atoms with E-state index in [1.807, 2.05) is 26.0 Å². The highest BCUT2D eigenvalue weighted by Gasteiger charge is 2.45. The Kier molecular flexibility index (Phi) is 9.05. The lowest BCUT2D eigenvalue weighted by Gasteiger charge is -2.22. The first-order valence-electron chi connectivity index (χ1n) is 16.2. The number of alkyl halides is 3. The molecule has 0 bridgehead atoms. The monoisotopic (exact) mass is 705 g/mol. The molecule has 2 aliphatic rings. The zero-order valence-electron chi connectivity index (χ0n) is 27.0. The number of aromatic nitrogens is 4. The third kappa shape index (κ3) is 7.20. The lowest BCUT2D eigenvalue weighted by molar-refractivity contribution is -0.274. The lowest BCUT2D eigenvalue weighted by Crippen LogP contribution is -2.37. The first-order valence-corrected chi connectivity index (χ1v) is 17.0. The maximum atomic E-state index is 13.2. The molecule has 0 spiro atoms. The van der Waals surface area contributed by atoms with Crippen LogP contribution in [0.5, 0.6) is 5.75 Å². The van der Waals surface area contributed by atoms with E-state index in [0.29, 0.717) is 39.3 Å². The molecule has 50 heavy (non-hydrogen) atoms. The average Bonchev–Trinajstić information content (AvgIpc) is 3.77. The van der Waals surface area contributed by atoms with E-state index in [9.17, 15) is 28.2 Å². The summed E-state index contributed by atoms with van der Waals surface area (Å²) < 4.78 is 42.9. The summed E-state index contributed by atoms with van der Waals surface area (Å²) in [6, 6.07) is 15.1. The first kappa shape index (κ1) is 33.6. The van der Waals surface area contributed by atoms with Crippen LogP contribution in [0.3, 0.4) is 0 Å². The molecule has 260 valence electrons. The number of carbonyl (C=O) groups is 1. The topological polar surface area (TPSA) is 154 Å². The predicted molar refractivity (Wildman–Crippen MR) is 183 cm³/mol. The smallest absolute Gasteiger partial charge is 0.406 e. The number of amides is 1. The number of para-hydroxylation sites is 1. The zero-order valence-corrected chi connectivity index (χ0v) is 27.8. The summed E-state index contributed by atoms with van der Waals surface area (Å²) >= 11 is 1.47. The van der Waals surface area contributed by atoms with Gasteiger partial charge in [-0.15, -0.1) is 24.5 Å². The number of ether oxygens (including phenoxy) is 1. The number of aliphatic hydroxyl groups excluding tert-OH is 2. The van der Waals surface area contributed by atoms with Crippen LogP contribution in [0.4, 0.5) is 30.6 Å². The van der Waals surface area contributed by atoms with Crippen LogP contribution in [0.2, 0.25) is 0 Å². The van der Waals surface area contributed by atoms with Crippen molar-refractivity contribution in [2.45, 2.75) is 69.7 Å². The molecule has 5 atom stereocenters. The summed E-state index contributed by atoms with van der Waals surface area (Å²) in [5, 5.41) is 32.1. The molecule has 7 rings (SSSR count). The summed E-state index contributed by atoms with van der Waals surface area (Å²) in [4.78, 5) is 32.3. The van der Waals surface area contributed by atoms with E-state index in [1.54, 1.807) is 30.5 Å². The largest absolute Gasteiger partial charge is 0.573 e. The van der Waals surface area contributed by atoms with Crippen LogP contribution in [-0.2, 0) is 4.79 Å². The molecule has 1 amide bonds. The normalized spacial score (nSPS) is 21.2. The minimum Gasteiger partial charge on any atom is -0.406 e. The highest BCUT2D eigenvalue weighted by molar-refractivity contribution is 7.21. The number of carbonyl (C=O) groups excluding carboxylic acids is 1. The minimum absolute atomic E-state index is 0.116. The van der Waals surface area contributed by atoms with E-state index in [2.05, 4.69) is 25.7 Å². The van der Waals surface area contributed by atoms with E-state index >= 15 is 0 Å². The van der Waals surface area contributed by atoms with Gasteiger partial charge in [0.05, 0.1) is 45.8 Å². The molecule has 0 saturated heterocycles. The summed E-state index contributed by atoms with van der Waals surface area (Å²) in [6.07, 6.45) is -3.40. The van der Waals surface area contributed by atoms with Crippen LogP contribution in [0, 0.1) is 12.8 Å². The van der Waals surface area contributed by atoms with Gasteiger partial charge in [-0.25, -0.2) is 9.97 Å². The summed E-state index contributed by atoms with van der Waals surface area (Å²) in [5.41, 5.74) is 4.18. The first-order chi connectivity index (χ1) is 23.9. The maximum absolute atomic E-state index is 13.2. The molecule has 0 aliphatic heterocycles. The summed E-state index contributed by atoms with van der Waals surface area (Å²) in [6.45, 7) is 3.62. The number of pyridine rings is 1. The van der Waals surface area contributed by atoms with Crippen LogP contribution in [0.15, 0.2) is 66.9 Å². The SMILES string of the molecule is Cc1nc(N[C@H](C)c2ccc(OC(F)(F)F)cc2)nc(N[C@@H]2C[C@H](C(=O)Nc3ccccc3)[C@@H](O)[C@H]2O)c1-c1nc2c(C3CC3)nccc2s1. The van der Waals surface area contributed by atoms with Gasteiger partial charge < -0.3 is 30.9 Å². The Balaban J connectivity index is 1.19. The highest BCUT2D eigenvalue weighted by atomic mass is 32.1. The molecule has 2 saturated carbocycles. The van der Waals surface area contributed by atoms with Crippen molar-refractivity contribution < 1.29 is 32.9 Å². The van der Waals surface area contributed by atoms with Crippen molar-refractivity contribution in [1.82, 2.24) is 19.9 Å². The van der Waals surface area contributed by atoms with E-state index in [-0.39, 0.29) is 18.1 Å². The van der Waals surface area contributed by atoms with E-state index in [0.717, 1.165) is 28.8 Å². The van der Waals surface area contributed by atoms with Crippen LogP contribution in [0.1, 0.15) is 55.1 Å². The fraction of sp³-hybridized carbons (Fsp3) is 0.343. The number of benzene rings is 2. The van der Waals surface area contributed by atoms with Crippen LogP contribution in [-0.4, -0.2) is 60.7 Å². The van der Waals surface area contributed by atoms with Crippen molar-refractivity contribution in [3.63, 3.8) is 0 Å². The Labute approximate surface area is 289 Å². The van der Waals surface area contributed by atoms with Crippen molar-refractivity contribution in [2.75, 3.05) is 16.0 Å².